The van der Waals surface area contributed by atoms with Gasteiger partial charge in [-0.25, -0.2) is 8.78 Å². The van der Waals surface area contributed by atoms with E-state index in [0.717, 1.165) is 17.8 Å². The summed E-state index contributed by atoms with van der Waals surface area (Å²) in [5, 5.41) is 14.7. The summed E-state index contributed by atoms with van der Waals surface area (Å²) >= 11 is 6.28. The molecule has 1 aliphatic heterocycles. The second-order valence-electron chi connectivity index (χ2n) is 7.50. The summed E-state index contributed by atoms with van der Waals surface area (Å²) in [7, 11) is 0. The molecule has 0 aliphatic carbocycles. The second kappa shape index (κ2) is 9.41. The Hall–Kier alpha value is -3.72. The SMILES string of the molecule is O=C(Nc1cc(F)cc(F)c1)c1ccc(N2CCN(c3ccccc3Cl)CC2)c([N+](=O)[O-])c1. The quantitative estimate of drug-likeness (QED) is 0.412. The van der Waals surface area contributed by atoms with E-state index in [4.69, 9.17) is 11.6 Å². The lowest BCUT2D eigenvalue weighted by Gasteiger charge is -2.37. The predicted molar refractivity (Wildman–Crippen MR) is 123 cm³/mol. The molecule has 10 heteroatoms. The van der Waals surface area contributed by atoms with Crippen LogP contribution in [-0.4, -0.2) is 37.0 Å². The maximum Gasteiger partial charge on any atom is 0.293 e. The first-order chi connectivity index (χ1) is 15.8. The van der Waals surface area contributed by atoms with E-state index in [1.807, 2.05) is 29.2 Å². The number of rotatable bonds is 5. The molecule has 1 aliphatic rings. The predicted octanol–water partition coefficient (Wildman–Crippen LogP) is 5.11. The van der Waals surface area contributed by atoms with Gasteiger partial charge in [-0.15, -0.1) is 0 Å². The molecule has 0 radical (unpaired) electrons. The number of benzene rings is 3. The molecule has 3 aromatic rings. The van der Waals surface area contributed by atoms with Crippen molar-refractivity contribution >= 4 is 40.3 Å². The Morgan fingerprint density at radius 3 is 2.12 bits per heavy atom. The molecule has 3 aromatic carbocycles. The molecule has 1 heterocycles. The van der Waals surface area contributed by atoms with Crippen LogP contribution >= 0.6 is 11.6 Å². The topological polar surface area (TPSA) is 78.7 Å². The minimum absolute atomic E-state index is 0.00447. The summed E-state index contributed by atoms with van der Waals surface area (Å²) in [5.41, 5.74) is 1.00. The summed E-state index contributed by atoms with van der Waals surface area (Å²) < 4.78 is 26.7. The van der Waals surface area contributed by atoms with Gasteiger partial charge in [0.1, 0.15) is 17.3 Å². The molecular weight excluding hydrogens is 454 g/mol. The number of nitro groups is 1. The third-order valence-electron chi connectivity index (χ3n) is 5.37. The molecule has 170 valence electrons. The van der Waals surface area contributed by atoms with Crippen molar-refractivity contribution in [2.75, 3.05) is 41.3 Å². The maximum absolute atomic E-state index is 13.4. The van der Waals surface area contributed by atoms with Crippen LogP contribution in [0.5, 0.6) is 0 Å². The molecule has 1 amide bonds. The van der Waals surface area contributed by atoms with Crippen molar-refractivity contribution in [2.24, 2.45) is 0 Å². The van der Waals surface area contributed by atoms with Crippen LogP contribution in [-0.2, 0) is 0 Å². The van der Waals surface area contributed by atoms with E-state index in [9.17, 15) is 23.7 Å². The van der Waals surface area contributed by atoms with Gasteiger partial charge in [-0.3, -0.25) is 14.9 Å². The van der Waals surface area contributed by atoms with E-state index in [1.165, 1.54) is 18.2 Å². The van der Waals surface area contributed by atoms with Gasteiger partial charge in [0.2, 0.25) is 0 Å². The lowest BCUT2D eigenvalue weighted by molar-refractivity contribution is -0.384. The van der Waals surface area contributed by atoms with E-state index in [0.29, 0.717) is 43.0 Å². The van der Waals surface area contributed by atoms with Crippen molar-refractivity contribution in [2.45, 2.75) is 0 Å². The number of nitrogens with one attached hydrogen (secondary N) is 1. The number of carbonyl (C=O) groups excluding carboxylic acids is 1. The van der Waals surface area contributed by atoms with Gasteiger partial charge in [-0.05, 0) is 36.4 Å². The molecule has 1 saturated heterocycles. The number of piperazine rings is 1. The molecule has 1 fully saturated rings. The highest BCUT2D eigenvalue weighted by molar-refractivity contribution is 6.33. The summed E-state index contributed by atoms with van der Waals surface area (Å²) in [4.78, 5) is 27.7. The zero-order valence-electron chi connectivity index (χ0n) is 17.3. The van der Waals surface area contributed by atoms with E-state index in [-0.39, 0.29) is 16.9 Å². The Bertz CT molecular complexity index is 1200. The monoisotopic (exact) mass is 472 g/mol. The zero-order valence-corrected chi connectivity index (χ0v) is 18.1. The summed E-state index contributed by atoms with van der Waals surface area (Å²) in [6.45, 7) is 2.29. The molecule has 4 rings (SSSR count). The fourth-order valence-corrected chi connectivity index (χ4v) is 4.06. The second-order valence-corrected chi connectivity index (χ2v) is 7.91. The van der Waals surface area contributed by atoms with Crippen molar-refractivity contribution in [3.05, 3.63) is 93.0 Å². The number of para-hydroxylation sites is 1. The highest BCUT2D eigenvalue weighted by Crippen LogP contribution is 2.32. The van der Waals surface area contributed by atoms with Crippen molar-refractivity contribution in [1.29, 1.82) is 0 Å². The van der Waals surface area contributed by atoms with Crippen LogP contribution < -0.4 is 15.1 Å². The molecule has 0 bridgehead atoms. The van der Waals surface area contributed by atoms with Gasteiger partial charge in [0.25, 0.3) is 11.6 Å². The van der Waals surface area contributed by atoms with Crippen LogP contribution in [0.4, 0.5) is 31.5 Å². The number of hydrogen-bond donors (Lipinski definition) is 1. The Balaban J connectivity index is 1.51. The van der Waals surface area contributed by atoms with Gasteiger partial charge in [0.15, 0.2) is 0 Å². The highest BCUT2D eigenvalue weighted by atomic mass is 35.5. The largest absolute Gasteiger partial charge is 0.367 e. The van der Waals surface area contributed by atoms with Crippen molar-refractivity contribution < 1.29 is 18.5 Å². The minimum atomic E-state index is -0.845. The van der Waals surface area contributed by atoms with Crippen molar-refractivity contribution in [3.8, 4) is 0 Å². The molecule has 0 atom stereocenters. The number of anilines is 3. The van der Waals surface area contributed by atoms with E-state index in [1.54, 1.807) is 0 Å². The Kier molecular flexibility index (Phi) is 6.41. The van der Waals surface area contributed by atoms with Crippen LogP contribution in [0.2, 0.25) is 5.02 Å². The van der Waals surface area contributed by atoms with Crippen LogP contribution in [0.1, 0.15) is 10.4 Å². The van der Waals surface area contributed by atoms with Crippen LogP contribution in [0.15, 0.2) is 60.7 Å². The van der Waals surface area contributed by atoms with Crippen LogP contribution in [0.25, 0.3) is 0 Å². The Morgan fingerprint density at radius 2 is 1.52 bits per heavy atom. The number of halogens is 3. The molecule has 1 N–H and O–H groups in total. The first-order valence-corrected chi connectivity index (χ1v) is 10.5. The van der Waals surface area contributed by atoms with Gasteiger partial charge >= 0.3 is 0 Å². The number of hydrogen-bond acceptors (Lipinski definition) is 5. The van der Waals surface area contributed by atoms with Gasteiger partial charge < -0.3 is 15.1 Å². The summed E-state index contributed by atoms with van der Waals surface area (Å²) in [6.07, 6.45) is 0. The summed E-state index contributed by atoms with van der Waals surface area (Å²) in [5.74, 6) is -2.40. The lowest BCUT2D eigenvalue weighted by Crippen LogP contribution is -2.46. The van der Waals surface area contributed by atoms with Crippen LogP contribution in [0.3, 0.4) is 0 Å². The number of carbonyl (C=O) groups is 1. The standard InChI is InChI=1S/C23H19ClF2N4O3/c24-19-3-1-2-4-20(19)28-7-9-29(10-8-28)21-6-5-15(11-22(21)30(32)33)23(31)27-18-13-16(25)12-17(26)14-18/h1-6,11-14H,7-10H2,(H,27,31). The minimum Gasteiger partial charge on any atom is -0.367 e. The average molecular weight is 473 g/mol. The first kappa shape index (κ1) is 22.5. The highest BCUT2D eigenvalue weighted by Gasteiger charge is 2.26. The van der Waals surface area contributed by atoms with E-state index < -0.39 is 22.5 Å². The Labute approximate surface area is 193 Å². The lowest BCUT2D eigenvalue weighted by atomic mass is 10.1. The number of nitro benzene ring substituents is 1. The van der Waals surface area contributed by atoms with Gasteiger partial charge in [0.05, 0.1) is 15.6 Å². The Morgan fingerprint density at radius 1 is 0.909 bits per heavy atom. The number of nitrogens with zero attached hydrogens (tertiary/aromatic N) is 3. The average Bonchev–Trinajstić information content (AvgIpc) is 2.78. The molecule has 0 unspecified atom stereocenters. The van der Waals surface area contributed by atoms with Crippen molar-refractivity contribution in [1.82, 2.24) is 0 Å². The fourth-order valence-electron chi connectivity index (χ4n) is 3.80. The molecular formula is C23H19ClF2N4O3. The van der Waals surface area contributed by atoms with Crippen molar-refractivity contribution in [3.63, 3.8) is 0 Å². The molecule has 0 aromatic heterocycles. The maximum atomic E-state index is 13.4. The van der Waals surface area contributed by atoms with E-state index >= 15 is 0 Å². The smallest absolute Gasteiger partial charge is 0.293 e. The van der Waals surface area contributed by atoms with Crippen LogP contribution in [0, 0.1) is 21.7 Å². The molecule has 7 nitrogen and oxygen atoms in total. The van der Waals surface area contributed by atoms with E-state index in [2.05, 4.69) is 10.2 Å². The third-order valence-corrected chi connectivity index (χ3v) is 5.69. The number of amides is 1. The van der Waals surface area contributed by atoms with Gasteiger partial charge in [-0.1, -0.05) is 23.7 Å². The van der Waals surface area contributed by atoms with Gasteiger partial charge in [-0.2, -0.15) is 0 Å². The summed E-state index contributed by atoms with van der Waals surface area (Å²) in [6, 6.07) is 14.2. The van der Waals surface area contributed by atoms with Gasteiger partial charge in [0, 0.05) is 49.6 Å². The molecule has 0 saturated carbocycles. The first-order valence-electron chi connectivity index (χ1n) is 10.1. The normalized spacial score (nSPS) is 13.7. The zero-order chi connectivity index (χ0) is 23.5. The fraction of sp³-hybridized carbons (Fsp3) is 0.174. The third kappa shape index (κ3) is 5.04. The molecule has 0 spiro atoms. The molecule has 33 heavy (non-hydrogen) atoms.